The minimum atomic E-state index is 0.311. The van der Waals surface area contributed by atoms with Crippen LogP contribution in [0, 0.1) is 23.2 Å². The number of nitrogens with two attached hydrogens (primary N) is 1. The molecule has 4 rings (SSSR count). The van der Waals surface area contributed by atoms with Crippen molar-refractivity contribution in [3.8, 4) is 5.75 Å². The summed E-state index contributed by atoms with van der Waals surface area (Å²) < 4.78 is 8.97. The number of rotatable bonds is 4. The Balaban J connectivity index is 1.52. The van der Waals surface area contributed by atoms with Crippen molar-refractivity contribution in [2.75, 3.05) is 12.3 Å². The lowest BCUT2D eigenvalue weighted by atomic mass is 9.58. The van der Waals surface area contributed by atoms with Gasteiger partial charge in [-0.2, -0.15) is 0 Å². The molecule has 0 aliphatic heterocycles. The van der Waals surface area contributed by atoms with E-state index in [-0.39, 0.29) is 0 Å². The molecule has 25 heavy (non-hydrogen) atoms. The van der Waals surface area contributed by atoms with Crippen molar-refractivity contribution >= 4 is 27.5 Å². The van der Waals surface area contributed by atoms with Gasteiger partial charge in [0.15, 0.2) is 5.65 Å². The number of nitrogens with zero attached hydrogens (tertiary/aromatic N) is 3. The maximum absolute atomic E-state index is 6.31. The molecule has 136 valence electrons. The predicted octanol–water partition coefficient (Wildman–Crippen LogP) is 4.70. The molecule has 6 heteroatoms. The maximum Gasteiger partial charge on any atom is 0.226 e. The topological polar surface area (TPSA) is 65.4 Å². The third-order valence-corrected chi connectivity index (χ3v) is 6.95. The average Bonchev–Trinajstić information content (AvgIpc) is 2.92. The van der Waals surface area contributed by atoms with Crippen LogP contribution in [0.15, 0.2) is 16.7 Å². The molecular weight excluding hydrogens is 380 g/mol. The molecule has 2 bridgehead atoms. The molecule has 2 aromatic heterocycles. The molecule has 0 amide bonds. The molecule has 2 atom stereocenters. The average molecular weight is 407 g/mol. The Labute approximate surface area is 157 Å². The number of halogens is 1. The van der Waals surface area contributed by atoms with E-state index in [4.69, 9.17) is 10.5 Å². The van der Waals surface area contributed by atoms with E-state index in [0.29, 0.717) is 11.4 Å². The van der Waals surface area contributed by atoms with Crippen LogP contribution in [-0.2, 0) is 0 Å². The van der Waals surface area contributed by atoms with Crippen LogP contribution in [0.25, 0.3) is 5.65 Å². The Morgan fingerprint density at radius 3 is 2.68 bits per heavy atom. The van der Waals surface area contributed by atoms with Crippen LogP contribution in [-0.4, -0.2) is 21.2 Å². The number of ether oxygens (including phenoxy) is 1. The molecule has 2 heterocycles. The summed E-state index contributed by atoms with van der Waals surface area (Å²) in [5.41, 5.74) is 6.85. The van der Waals surface area contributed by atoms with E-state index in [1.807, 2.05) is 12.3 Å². The highest BCUT2D eigenvalue weighted by Gasteiger charge is 2.43. The van der Waals surface area contributed by atoms with Gasteiger partial charge < -0.3 is 10.5 Å². The zero-order valence-corrected chi connectivity index (χ0v) is 16.6. The quantitative estimate of drug-likeness (QED) is 0.798. The molecule has 2 N–H and O–H groups in total. The number of hydrogen-bond donors (Lipinski definition) is 1. The van der Waals surface area contributed by atoms with E-state index in [9.17, 15) is 0 Å². The van der Waals surface area contributed by atoms with Crippen LogP contribution >= 0.6 is 15.9 Å². The zero-order valence-electron chi connectivity index (χ0n) is 15.0. The Kier molecular flexibility index (Phi) is 4.42. The number of aromatic nitrogens is 3. The highest BCUT2D eigenvalue weighted by molar-refractivity contribution is 9.10. The minimum Gasteiger partial charge on any atom is -0.492 e. The number of fused-ring (bicyclic) bond motifs is 3. The first-order valence-electron chi connectivity index (χ1n) is 9.40. The van der Waals surface area contributed by atoms with Gasteiger partial charge in [-0.3, -0.25) is 4.40 Å². The molecule has 0 spiro atoms. The standard InChI is InChI=1S/C19H27BrN4O/c1-3-19(8-13-4-12(2)5-14(6-13)9-19)11-25-16-7-17-22-23-18(21)24(17)10-15(16)20/h7,10,12-14H,3-6,8-9,11H2,1-2H3,(H2,21,23). The highest BCUT2D eigenvalue weighted by atomic mass is 79.9. The summed E-state index contributed by atoms with van der Waals surface area (Å²) in [5.74, 6) is 3.88. The maximum atomic E-state index is 6.31. The Hall–Kier alpha value is -1.30. The van der Waals surface area contributed by atoms with Gasteiger partial charge in [0.1, 0.15) is 5.75 Å². The fraction of sp³-hybridized carbons (Fsp3) is 0.684. The molecule has 2 unspecified atom stereocenters. The van der Waals surface area contributed by atoms with Crippen molar-refractivity contribution in [1.29, 1.82) is 0 Å². The van der Waals surface area contributed by atoms with Crippen molar-refractivity contribution in [2.24, 2.45) is 23.2 Å². The van der Waals surface area contributed by atoms with Gasteiger partial charge in [0.2, 0.25) is 5.95 Å². The minimum absolute atomic E-state index is 0.311. The summed E-state index contributed by atoms with van der Waals surface area (Å²) >= 11 is 3.60. The smallest absolute Gasteiger partial charge is 0.226 e. The first-order chi connectivity index (χ1) is 12.0. The lowest BCUT2D eigenvalue weighted by Gasteiger charge is -2.48. The molecule has 2 aliphatic carbocycles. The third-order valence-electron chi connectivity index (χ3n) is 6.35. The molecule has 2 aliphatic rings. The zero-order chi connectivity index (χ0) is 17.6. The SMILES string of the molecule is CCC1(COc2cc3nnc(N)n3cc2Br)CC2CC(C)CC(C2)C1. The van der Waals surface area contributed by atoms with Crippen molar-refractivity contribution in [2.45, 2.75) is 52.4 Å². The first kappa shape index (κ1) is 17.1. The summed E-state index contributed by atoms with van der Waals surface area (Å²) in [5, 5.41) is 8.01. The fourth-order valence-electron chi connectivity index (χ4n) is 5.30. The van der Waals surface area contributed by atoms with Gasteiger partial charge in [0.25, 0.3) is 0 Å². The molecule has 0 saturated heterocycles. The van der Waals surface area contributed by atoms with Crippen LogP contribution in [0.3, 0.4) is 0 Å². The van der Waals surface area contributed by atoms with E-state index < -0.39 is 0 Å². The fourth-order valence-corrected chi connectivity index (χ4v) is 5.73. The Morgan fingerprint density at radius 2 is 2.00 bits per heavy atom. The molecule has 2 saturated carbocycles. The second kappa shape index (κ2) is 6.45. The van der Waals surface area contributed by atoms with Crippen LogP contribution in [0.1, 0.15) is 52.4 Å². The highest BCUT2D eigenvalue weighted by Crippen LogP contribution is 2.52. The van der Waals surface area contributed by atoms with Crippen molar-refractivity contribution < 1.29 is 4.74 Å². The van der Waals surface area contributed by atoms with E-state index in [2.05, 4.69) is 40.0 Å². The normalized spacial score (nSPS) is 32.0. The molecular formula is C19H27BrN4O. The second-order valence-electron chi connectivity index (χ2n) is 8.37. The van der Waals surface area contributed by atoms with Gasteiger partial charge in [-0.1, -0.05) is 13.8 Å². The largest absolute Gasteiger partial charge is 0.492 e. The van der Waals surface area contributed by atoms with Gasteiger partial charge in [0, 0.05) is 17.7 Å². The van der Waals surface area contributed by atoms with Crippen molar-refractivity contribution in [3.05, 3.63) is 16.7 Å². The molecule has 0 aromatic carbocycles. The van der Waals surface area contributed by atoms with Crippen molar-refractivity contribution in [3.63, 3.8) is 0 Å². The third kappa shape index (κ3) is 3.25. The van der Waals surface area contributed by atoms with Gasteiger partial charge in [-0.25, -0.2) is 0 Å². The molecule has 2 fully saturated rings. The first-order valence-corrected chi connectivity index (χ1v) is 10.2. The van der Waals surface area contributed by atoms with Gasteiger partial charge in [-0.05, 0) is 72.2 Å². The molecule has 2 aromatic rings. The summed E-state index contributed by atoms with van der Waals surface area (Å²) in [7, 11) is 0. The Morgan fingerprint density at radius 1 is 1.28 bits per heavy atom. The van der Waals surface area contributed by atoms with E-state index in [1.165, 1.54) is 38.5 Å². The lowest BCUT2D eigenvalue weighted by molar-refractivity contribution is -0.000559. The van der Waals surface area contributed by atoms with Crippen LogP contribution < -0.4 is 10.5 Å². The predicted molar refractivity (Wildman–Crippen MR) is 103 cm³/mol. The summed E-state index contributed by atoms with van der Waals surface area (Å²) in [6.07, 6.45) is 9.91. The number of hydrogen-bond acceptors (Lipinski definition) is 4. The lowest BCUT2D eigenvalue weighted by Crippen LogP contribution is -2.41. The van der Waals surface area contributed by atoms with E-state index in [1.54, 1.807) is 4.40 Å². The van der Waals surface area contributed by atoms with E-state index in [0.717, 1.165) is 40.2 Å². The Bertz CT molecular complexity index is 756. The summed E-state index contributed by atoms with van der Waals surface area (Å²) in [6.45, 7) is 5.53. The van der Waals surface area contributed by atoms with Gasteiger partial charge in [0.05, 0.1) is 11.1 Å². The molecule has 0 radical (unpaired) electrons. The van der Waals surface area contributed by atoms with Crippen LogP contribution in [0.5, 0.6) is 5.75 Å². The van der Waals surface area contributed by atoms with Crippen LogP contribution in [0.4, 0.5) is 5.95 Å². The monoisotopic (exact) mass is 406 g/mol. The van der Waals surface area contributed by atoms with E-state index >= 15 is 0 Å². The van der Waals surface area contributed by atoms with Crippen molar-refractivity contribution in [1.82, 2.24) is 14.6 Å². The van der Waals surface area contributed by atoms with Gasteiger partial charge in [-0.15, -0.1) is 10.2 Å². The number of pyridine rings is 1. The number of nitrogen functional groups attached to an aromatic ring is 1. The summed E-state index contributed by atoms with van der Waals surface area (Å²) in [6, 6.07) is 1.92. The molecule has 5 nitrogen and oxygen atoms in total. The number of anilines is 1. The second-order valence-corrected chi connectivity index (χ2v) is 9.22. The van der Waals surface area contributed by atoms with Gasteiger partial charge >= 0.3 is 0 Å². The summed E-state index contributed by atoms with van der Waals surface area (Å²) in [4.78, 5) is 0. The van der Waals surface area contributed by atoms with Crippen LogP contribution in [0.2, 0.25) is 0 Å².